The number of rotatable bonds is 8. The van der Waals surface area contributed by atoms with E-state index in [2.05, 4.69) is 50.9 Å². The third kappa shape index (κ3) is 5.83. The third-order valence-corrected chi connectivity index (χ3v) is 10.8. The first-order chi connectivity index (χ1) is 24.3. The largest absolute Gasteiger partial charge is 0.488 e. The highest BCUT2D eigenvalue weighted by molar-refractivity contribution is 5.87. The lowest BCUT2D eigenvalue weighted by atomic mass is 9.86. The molecular formula is C38H45N7O5. The van der Waals surface area contributed by atoms with Crippen molar-refractivity contribution in [2.75, 3.05) is 33.9 Å². The molecule has 0 spiro atoms. The van der Waals surface area contributed by atoms with Gasteiger partial charge in [0.15, 0.2) is 0 Å². The molecular weight excluding hydrogens is 634 g/mol. The number of aryl methyl sites for hydroxylation is 2. The molecule has 12 heteroatoms. The second kappa shape index (κ2) is 13.2. The molecule has 2 aromatic heterocycles. The van der Waals surface area contributed by atoms with Crippen molar-refractivity contribution in [2.24, 2.45) is 11.8 Å². The number of ether oxygens (including phenoxy) is 3. The summed E-state index contributed by atoms with van der Waals surface area (Å²) in [5.74, 6) is 2.92. The lowest BCUT2D eigenvalue weighted by molar-refractivity contribution is -0.135. The smallest absolute Gasteiger partial charge is 0.407 e. The number of carbonyl (C=O) groups excluding carboxylic acids is 2. The number of H-pyrrole nitrogens is 2. The molecule has 0 radical (unpaired) electrons. The maximum atomic E-state index is 13.7. The first-order valence-electron chi connectivity index (χ1n) is 17.8. The quantitative estimate of drug-likeness (QED) is 0.192. The maximum Gasteiger partial charge on any atom is 0.407 e. The third-order valence-electron chi connectivity index (χ3n) is 10.8. The van der Waals surface area contributed by atoms with Crippen LogP contribution in [0.4, 0.5) is 4.79 Å². The van der Waals surface area contributed by atoms with Gasteiger partial charge in [-0.25, -0.2) is 14.8 Å². The maximum absolute atomic E-state index is 13.7. The number of amides is 2. The van der Waals surface area contributed by atoms with Crippen molar-refractivity contribution in [3.63, 3.8) is 0 Å². The minimum absolute atomic E-state index is 0.0882. The molecule has 4 unspecified atom stereocenters. The summed E-state index contributed by atoms with van der Waals surface area (Å²) in [4.78, 5) is 44.6. The molecule has 0 bridgehead atoms. The predicted molar refractivity (Wildman–Crippen MR) is 187 cm³/mol. The summed E-state index contributed by atoms with van der Waals surface area (Å²) in [6.45, 7) is 6.65. The molecule has 50 heavy (non-hydrogen) atoms. The van der Waals surface area contributed by atoms with Crippen LogP contribution in [0.3, 0.4) is 0 Å². The molecule has 262 valence electrons. The average molecular weight is 680 g/mol. The first-order valence-corrected chi connectivity index (χ1v) is 17.8. The molecule has 0 saturated carbocycles. The minimum Gasteiger partial charge on any atom is -0.488 e. The summed E-state index contributed by atoms with van der Waals surface area (Å²) in [5, 5.41) is 6.30. The number of nitrogens with zero attached hydrogens (tertiary/aromatic N) is 3. The van der Waals surface area contributed by atoms with E-state index in [-0.39, 0.29) is 23.9 Å². The van der Waals surface area contributed by atoms with Crippen molar-refractivity contribution in [1.82, 2.24) is 35.5 Å². The Morgan fingerprint density at radius 3 is 2.76 bits per heavy atom. The summed E-state index contributed by atoms with van der Waals surface area (Å²) < 4.78 is 16.5. The van der Waals surface area contributed by atoms with E-state index in [4.69, 9.17) is 24.2 Å². The van der Waals surface area contributed by atoms with Gasteiger partial charge in [0.1, 0.15) is 30.0 Å². The van der Waals surface area contributed by atoms with Crippen molar-refractivity contribution < 1.29 is 23.8 Å². The zero-order valence-corrected chi connectivity index (χ0v) is 29.1. The molecule has 4 aromatic rings. The van der Waals surface area contributed by atoms with Crippen molar-refractivity contribution in [3.8, 4) is 39.4 Å². The van der Waals surface area contributed by atoms with Crippen LogP contribution in [-0.2, 0) is 33.7 Å². The van der Waals surface area contributed by atoms with Crippen molar-refractivity contribution in [3.05, 3.63) is 65.0 Å². The van der Waals surface area contributed by atoms with Gasteiger partial charge < -0.3 is 39.7 Å². The molecule has 2 aromatic carbocycles. The van der Waals surface area contributed by atoms with E-state index in [9.17, 15) is 9.59 Å². The number of hydrogen-bond donors (Lipinski definition) is 4. The fourth-order valence-corrected chi connectivity index (χ4v) is 8.16. The van der Waals surface area contributed by atoms with Crippen molar-refractivity contribution >= 4 is 12.0 Å². The van der Waals surface area contributed by atoms with Gasteiger partial charge in [0, 0.05) is 37.0 Å². The molecule has 4 atom stereocenters. The zero-order valence-electron chi connectivity index (χ0n) is 29.1. The Morgan fingerprint density at radius 1 is 1.06 bits per heavy atom. The Kier molecular flexibility index (Phi) is 8.60. The van der Waals surface area contributed by atoms with E-state index in [1.807, 2.05) is 24.9 Å². The number of hydrogen-bond acceptors (Lipinski definition) is 8. The summed E-state index contributed by atoms with van der Waals surface area (Å²) in [7, 11) is 3.06. The number of carbonyl (C=O) groups is 2. The van der Waals surface area contributed by atoms with E-state index in [0.717, 1.165) is 102 Å². The van der Waals surface area contributed by atoms with Gasteiger partial charge in [0.05, 0.1) is 43.4 Å². The molecule has 8 rings (SSSR count). The van der Waals surface area contributed by atoms with Gasteiger partial charge in [0.2, 0.25) is 5.91 Å². The standard InChI is InChI=1S/C38H45N7O5/c1-20(2)33(44-38(47)49-4)37(46)45-11-5-6-31(45)36-41-28-10-8-22-14-27-25-9-7-23(13-24(25)19-50-32(27)15-26(22)34(28)43-36)30-17-40-35(42-30)29-12-21(16-39-29)18-48-3/h7,9,13-15,17,20-21,29,31,33,39H,5-6,8,10-12,16,18-19H2,1-4H3,(H,40,42)(H,41,43)(H,44,47). The van der Waals surface area contributed by atoms with E-state index in [1.165, 1.54) is 18.2 Å². The minimum atomic E-state index is -0.670. The summed E-state index contributed by atoms with van der Waals surface area (Å²) in [5.41, 5.74) is 9.86. The number of likely N-dealkylation sites (tertiary alicyclic amines) is 1. The van der Waals surface area contributed by atoms with Crippen LogP contribution in [0.25, 0.3) is 33.6 Å². The van der Waals surface area contributed by atoms with Gasteiger partial charge in [0.25, 0.3) is 0 Å². The van der Waals surface area contributed by atoms with E-state index in [1.54, 1.807) is 7.11 Å². The lowest BCUT2D eigenvalue weighted by Crippen LogP contribution is -2.51. The number of benzene rings is 2. The number of aromatic nitrogens is 4. The number of methoxy groups -OCH3 is 2. The summed E-state index contributed by atoms with van der Waals surface area (Å²) in [6, 6.07) is 10.3. The molecule has 4 aliphatic rings. The highest BCUT2D eigenvalue weighted by Gasteiger charge is 2.38. The number of imidazole rings is 2. The number of nitrogens with one attached hydrogen (secondary N) is 4. The molecule has 3 aliphatic heterocycles. The SMILES string of the molecule is COCC1CNC(c2ncc(-c3ccc4c(c3)COc3cc5c(cc3-4)CCc3[nH]c(C4CCCN4C(=O)C(NC(=O)OC)C(C)C)nc3-5)[nH]2)C1. The Labute approximate surface area is 291 Å². The van der Waals surface area contributed by atoms with Gasteiger partial charge in [-0.3, -0.25) is 4.79 Å². The molecule has 5 heterocycles. The summed E-state index contributed by atoms with van der Waals surface area (Å²) >= 11 is 0. The van der Waals surface area contributed by atoms with Crippen molar-refractivity contribution in [1.29, 1.82) is 0 Å². The monoisotopic (exact) mass is 679 g/mol. The van der Waals surface area contributed by atoms with Crippen LogP contribution in [-0.4, -0.2) is 76.8 Å². The molecule has 2 fully saturated rings. The van der Waals surface area contributed by atoms with E-state index >= 15 is 0 Å². The van der Waals surface area contributed by atoms with Crippen LogP contribution in [0.1, 0.15) is 73.7 Å². The number of alkyl carbamates (subject to hydrolysis) is 1. The van der Waals surface area contributed by atoms with Gasteiger partial charge in [-0.1, -0.05) is 26.0 Å². The van der Waals surface area contributed by atoms with Crippen LogP contribution >= 0.6 is 0 Å². The topological polar surface area (TPSA) is 146 Å². The highest BCUT2D eigenvalue weighted by Crippen LogP contribution is 2.45. The van der Waals surface area contributed by atoms with Crippen molar-refractivity contribution in [2.45, 2.75) is 70.7 Å². The van der Waals surface area contributed by atoms with Gasteiger partial charge in [-0.2, -0.15) is 0 Å². The number of aromatic amines is 2. The van der Waals surface area contributed by atoms with Crippen LogP contribution in [0.5, 0.6) is 5.75 Å². The lowest BCUT2D eigenvalue weighted by Gasteiger charge is -2.30. The second-order valence-electron chi connectivity index (χ2n) is 14.4. The fourth-order valence-electron chi connectivity index (χ4n) is 8.16. The summed E-state index contributed by atoms with van der Waals surface area (Å²) in [6.07, 6.45) is 5.73. The Hall–Kier alpha value is -4.68. The van der Waals surface area contributed by atoms with E-state index in [0.29, 0.717) is 19.1 Å². The highest BCUT2D eigenvalue weighted by atomic mass is 16.5. The Bertz CT molecular complexity index is 1930. The zero-order chi connectivity index (χ0) is 34.5. The first kappa shape index (κ1) is 32.5. The van der Waals surface area contributed by atoms with Crippen LogP contribution < -0.4 is 15.4 Å². The molecule has 1 aliphatic carbocycles. The number of fused-ring (bicyclic) bond motifs is 6. The average Bonchev–Trinajstić information content (AvgIpc) is 3.95. The van der Waals surface area contributed by atoms with Crippen LogP contribution in [0.15, 0.2) is 36.5 Å². The molecule has 4 N–H and O–H groups in total. The fraction of sp³-hybridized carbons (Fsp3) is 0.474. The van der Waals surface area contributed by atoms with Crippen LogP contribution in [0, 0.1) is 11.8 Å². The van der Waals surface area contributed by atoms with Gasteiger partial charge >= 0.3 is 6.09 Å². The molecule has 2 amide bonds. The Balaban J connectivity index is 1.03. The predicted octanol–water partition coefficient (Wildman–Crippen LogP) is 5.47. The second-order valence-corrected chi connectivity index (χ2v) is 14.4. The molecule has 2 saturated heterocycles. The molecule has 12 nitrogen and oxygen atoms in total. The van der Waals surface area contributed by atoms with Gasteiger partial charge in [-0.05, 0) is 84.4 Å². The van der Waals surface area contributed by atoms with E-state index < -0.39 is 12.1 Å². The van der Waals surface area contributed by atoms with Crippen LogP contribution in [0.2, 0.25) is 0 Å². The Morgan fingerprint density at radius 2 is 1.94 bits per heavy atom. The van der Waals surface area contributed by atoms with Gasteiger partial charge in [-0.15, -0.1) is 0 Å². The normalized spacial score (nSPS) is 21.2.